The fraction of sp³-hybridized carbons (Fsp3) is 0.429. The van der Waals surface area contributed by atoms with Gasteiger partial charge in [-0.25, -0.2) is 0 Å². The second-order valence-electron chi connectivity index (χ2n) is 6.44. The smallest absolute Gasteiger partial charge is 0.246 e. The molecule has 1 amide bonds. The summed E-state index contributed by atoms with van der Waals surface area (Å²) in [4.78, 5) is 14.0. The lowest BCUT2D eigenvalue weighted by Gasteiger charge is -2.15. The number of carbonyl (C=O) groups is 1. The van der Waals surface area contributed by atoms with Gasteiger partial charge < -0.3 is 18.9 Å². The maximum Gasteiger partial charge on any atom is 0.246 e. The summed E-state index contributed by atoms with van der Waals surface area (Å²) in [6, 6.07) is 5.63. The minimum Gasteiger partial charge on any atom is -0.493 e. The number of hydrogen-bond donors (Lipinski definition) is 0. The third-order valence-corrected chi connectivity index (χ3v) is 4.31. The van der Waals surface area contributed by atoms with Crippen molar-refractivity contribution in [1.82, 2.24) is 10.1 Å². The van der Waals surface area contributed by atoms with Crippen LogP contribution in [0.25, 0.3) is 6.08 Å². The van der Waals surface area contributed by atoms with Crippen molar-refractivity contribution >= 4 is 12.0 Å². The number of aromatic nitrogens is 1. The molecule has 2 aromatic rings. The highest BCUT2D eigenvalue weighted by atomic mass is 16.5. The first-order valence-corrected chi connectivity index (χ1v) is 9.12. The molecular formula is C21H28N2O4. The van der Waals surface area contributed by atoms with Crippen molar-refractivity contribution in [3.63, 3.8) is 0 Å². The summed E-state index contributed by atoms with van der Waals surface area (Å²) in [6.07, 6.45) is 5.39. The molecule has 0 atom stereocenters. The third-order valence-electron chi connectivity index (χ3n) is 4.31. The highest BCUT2D eigenvalue weighted by Crippen LogP contribution is 2.28. The molecule has 1 aromatic heterocycles. The van der Waals surface area contributed by atoms with E-state index in [2.05, 4.69) is 12.1 Å². The number of aryl methyl sites for hydroxylation is 2. The van der Waals surface area contributed by atoms with Gasteiger partial charge in [0, 0.05) is 18.7 Å². The average molecular weight is 372 g/mol. The van der Waals surface area contributed by atoms with Gasteiger partial charge in [0.1, 0.15) is 5.76 Å². The number of methoxy groups -OCH3 is 1. The normalized spacial score (nSPS) is 11.0. The number of unbranched alkanes of at least 4 members (excludes halogenated alkanes) is 1. The van der Waals surface area contributed by atoms with E-state index in [1.54, 1.807) is 31.2 Å². The van der Waals surface area contributed by atoms with Crippen LogP contribution >= 0.6 is 0 Å². The second-order valence-corrected chi connectivity index (χ2v) is 6.44. The fourth-order valence-electron chi connectivity index (χ4n) is 2.57. The zero-order valence-electron chi connectivity index (χ0n) is 16.7. The average Bonchev–Trinajstić information content (AvgIpc) is 2.98. The van der Waals surface area contributed by atoms with E-state index in [9.17, 15) is 4.79 Å². The van der Waals surface area contributed by atoms with E-state index in [-0.39, 0.29) is 5.91 Å². The largest absolute Gasteiger partial charge is 0.493 e. The zero-order valence-corrected chi connectivity index (χ0v) is 16.7. The zero-order chi connectivity index (χ0) is 19.8. The Morgan fingerprint density at radius 1 is 1.30 bits per heavy atom. The molecule has 0 N–H and O–H groups in total. The van der Waals surface area contributed by atoms with E-state index in [0.717, 1.165) is 35.4 Å². The first kappa shape index (κ1) is 20.6. The maximum absolute atomic E-state index is 12.4. The van der Waals surface area contributed by atoms with Gasteiger partial charge >= 0.3 is 0 Å². The predicted octanol–water partition coefficient (Wildman–Crippen LogP) is 4.15. The third kappa shape index (κ3) is 5.61. The number of likely N-dealkylation sites (N-methyl/N-ethyl adjacent to an activating group) is 1. The number of rotatable bonds is 9. The van der Waals surface area contributed by atoms with Gasteiger partial charge in [-0.1, -0.05) is 24.6 Å². The molecule has 0 saturated carbocycles. The van der Waals surface area contributed by atoms with E-state index >= 15 is 0 Å². The Morgan fingerprint density at radius 3 is 2.70 bits per heavy atom. The van der Waals surface area contributed by atoms with Gasteiger partial charge in [0.2, 0.25) is 5.91 Å². The van der Waals surface area contributed by atoms with Crippen molar-refractivity contribution in [2.75, 3.05) is 20.8 Å². The Bertz CT molecular complexity index is 776. The summed E-state index contributed by atoms with van der Waals surface area (Å²) in [7, 11) is 3.36. The Balaban J connectivity index is 2.02. The topological polar surface area (TPSA) is 64.8 Å². The molecule has 0 spiro atoms. The second kappa shape index (κ2) is 9.80. The first-order valence-electron chi connectivity index (χ1n) is 9.12. The Morgan fingerprint density at radius 2 is 2.07 bits per heavy atom. The number of amides is 1. The molecule has 0 aliphatic rings. The molecule has 6 heteroatoms. The number of benzene rings is 1. The quantitative estimate of drug-likeness (QED) is 0.489. The molecule has 0 bridgehead atoms. The van der Waals surface area contributed by atoms with Crippen LogP contribution in [0.1, 0.15) is 42.3 Å². The molecule has 6 nitrogen and oxygen atoms in total. The standard InChI is InChI=1S/C21H28N2O4/c1-6-7-12-26-19-10-8-17(13-20(19)25-5)9-11-21(24)23(4)14-18-15(2)22-27-16(18)3/h8-11,13H,6-7,12,14H2,1-5H3/b11-9+. The van der Waals surface area contributed by atoms with E-state index in [4.69, 9.17) is 14.0 Å². The van der Waals surface area contributed by atoms with Crippen LogP contribution < -0.4 is 9.47 Å². The summed E-state index contributed by atoms with van der Waals surface area (Å²) in [5, 5.41) is 3.92. The van der Waals surface area contributed by atoms with E-state index in [1.165, 1.54) is 0 Å². The van der Waals surface area contributed by atoms with Crippen molar-refractivity contribution in [3.05, 3.63) is 46.9 Å². The highest BCUT2D eigenvalue weighted by Gasteiger charge is 2.14. The SMILES string of the molecule is CCCCOc1ccc(/C=C/C(=O)N(C)Cc2c(C)noc2C)cc1OC. The van der Waals surface area contributed by atoms with Gasteiger partial charge in [-0.3, -0.25) is 4.79 Å². The number of hydrogen-bond acceptors (Lipinski definition) is 5. The van der Waals surface area contributed by atoms with Gasteiger partial charge in [0.05, 0.1) is 26.0 Å². The van der Waals surface area contributed by atoms with Crippen LogP contribution in [0.3, 0.4) is 0 Å². The molecule has 0 radical (unpaired) electrons. The molecule has 0 aliphatic heterocycles. The molecule has 1 aromatic carbocycles. The summed E-state index contributed by atoms with van der Waals surface area (Å²) in [5.74, 6) is 2.01. The van der Waals surface area contributed by atoms with Crippen LogP contribution in [-0.4, -0.2) is 36.7 Å². The van der Waals surface area contributed by atoms with Crippen LogP contribution in [0, 0.1) is 13.8 Å². The van der Waals surface area contributed by atoms with E-state index < -0.39 is 0 Å². The van der Waals surface area contributed by atoms with Crippen molar-refractivity contribution in [1.29, 1.82) is 0 Å². The number of ether oxygens (including phenoxy) is 2. The number of carbonyl (C=O) groups excluding carboxylic acids is 1. The molecule has 0 saturated heterocycles. The molecule has 146 valence electrons. The minimum absolute atomic E-state index is 0.0998. The van der Waals surface area contributed by atoms with Crippen molar-refractivity contribution in [3.8, 4) is 11.5 Å². The number of nitrogens with zero attached hydrogens (tertiary/aromatic N) is 2. The summed E-state index contributed by atoms with van der Waals surface area (Å²) in [5.41, 5.74) is 2.61. The lowest BCUT2D eigenvalue weighted by Crippen LogP contribution is -2.24. The van der Waals surface area contributed by atoms with Gasteiger partial charge in [-0.15, -0.1) is 0 Å². The van der Waals surface area contributed by atoms with Crippen LogP contribution in [0.4, 0.5) is 0 Å². The van der Waals surface area contributed by atoms with Gasteiger partial charge in [-0.2, -0.15) is 0 Å². The van der Waals surface area contributed by atoms with Crippen LogP contribution in [-0.2, 0) is 11.3 Å². The van der Waals surface area contributed by atoms with Crippen LogP contribution in [0.5, 0.6) is 11.5 Å². The summed E-state index contributed by atoms with van der Waals surface area (Å²) < 4.78 is 16.3. The Labute approximate surface area is 160 Å². The van der Waals surface area contributed by atoms with Crippen molar-refractivity contribution < 1.29 is 18.8 Å². The van der Waals surface area contributed by atoms with Gasteiger partial charge in [0.15, 0.2) is 11.5 Å². The molecule has 0 unspecified atom stereocenters. The molecule has 1 heterocycles. The fourth-order valence-corrected chi connectivity index (χ4v) is 2.57. The molecule has 2 rings (SSSR count). The van der Waals surface area contributed by atoms with Gasteiger partial charge in [0.25, 0.3) is 0 Å². The Hall–Kier alpha value is -2.76. The minimum atomic E-state index is -0.0998. The van der Waals surface area contributed by atoms with E-state index in [0.29, 0.717) is 24.7 Å². The van der Waals surface area contributed by atoms with Gasteiger partial charge in [-0.05, 0) is 44.0 Å². The molecular weight excluding hydrogens is 344 g/mol. The Kier molecular flexibility index (Phi) is 7.46. The summed E-state index contributed by atoms with van der Waals surface area (Å²) in [6.45, 7) is 6.95. The molecule has 0 fully saturated rings. The lowest BCUT2D eigenvalue weighted by atomic mass is 10.1. The predicted molar refractivity (Wildman–Crippen MR) is 105 cm³/mol. The summed E-state index contributed by atoms with van der Waals surface area (Å²) >= 11 is 0. The highest BCUT2D eigenvalue weighted by molar-refractivity contribution is 5.91. The van der Waals surface area contributed by atoms with Crippen molar-refractivity contribution in [2.24, 2.45) is 0 Å². The maximum atomic E-state index is 12.4. The van der Waals surface area contributed by atoms with Crippen LogP contribution in [0.15, 0.2) is 28.8 Å². The van der Waals surface area contributed by atoms with E-state index in [1.807, 2.05) is 32.0 Å². The monoisotopic (exact) mass is 372 g/mol. The molecule has 0 aliphatic carbocycles. The van der Waals surface area contributed by atoms with Crippen LogP contribution in [0.2, 0.25) is 0 Å². The first-order chi connectivity index (χ1) is 13.0. The van der Waals surface area contributed by atoms with Crippen molar-refractivity contribution in [2.45, 2.75) is 40.2 Å². The molecule has 27 heavy (non-hydrogen) atoms. The lowest BCUT2D eigenvalue weighted by molar-refractivity contribution is -0.125.